The van der Waals surface area contributed by atoms with Crippen LogP contribution in [-0.4, -0.2) is 5.78 Å². The van der Waals surface area contributed by atoms with Gasteiger partial charge in [-0.3, -0.25) is 0 Å². The van der Waals surface area contributed by atoms with Crippen LogP contribution in [0.1, 0.15) is 37.0 Å². The van der Waals surface area contributed by atoms with E-state index in [1.54, 1.807) is 6.92 Å². The van der Waals surface area contributed by atoms with Crippen LogP contribution in [0.3, 0.4) is 0 Å². The molecule has 0 unspecified atom stereocenters. The smallest absolute Gasteiger partial charge is 0.129 e. The zero-order valence-corrected chi connectivity index (χ0v) is 9.85. The average molecular weight is 192 g/mol. The van der Waals surface area contributed by atoms with Gasteiger partial charge in [0, 0.05) is 6.42 Å². The Morgan fingerprint density at radius 3 is 1.36 bits per heavy atom. The Bertz CT molecular complexity index is 250. The van der Waals surface area contributed by atoms with Crippen molar-refractivity contribution in [1.82, 2.24) is 0 Å². The minimum absolute atomic E-state index is 0.255. The van der Waals surface area contributed by atoms with Crippen LogP contribution in [-0.2, 0) is 4.79 Å². The first-order chi connectivity index (χ1) is 6.45. The molecule has 1 nitrogen and oxygen atoms in total. The van der Waals surface area contributed by atoms with E-state index in [-0.39, 0.29) is 5.78 Å². The standard InChI is InChI=1S/C9H12.C4H8O/c1-7-4-8(2)6-9(3)5-7;1-3-4(2)5/h4-6H,1-3H3;3H2,1-2H3. The maximum atomic E-state index is 9.81. The van der Waals surface area contributed by atoms with Gasteiger partial charge in [-0.15, -0.1) is 0 Å². The monoisotopic (exact) mass is 192 g/mol. The number of Topliss-reactive ketones (excluding diaryl/α,β-unsaturated/α-hetero) is 1. The average Bonchev–Trinajstić information content (AvgIpc) is 2.02. The topological polar surface area (TPSA) is 17.1 Å². The molecular weight excluding hydrogens is 172 g/mol. The van der Waals surface area contributed by atoms with Crippen LogP contribution in [0.25, 0.3) is 0 Å². The predicted molar refractivity (Wildman–Crippen MR) is 61.6 cm³/mol. The molecule has 1 aromatic rings. The van der Waals surface area contributed by atoms with Gasteiger partial charge < -0.3 is 4.79 Å². The third-order valence-corrected chi connectivity index (χ3v) is 1.86. The van der Waals surface area contributed by atoms with Crippen molar-refractivity contribution in [1.29, 1.82) is 0 Å². The summed E-state index contributed by atoms with van der Waals surface area (Å²) < 4.78 is 0. The van der Waals surface area contributed by atoms with Gasteiger partial charge in [-0.25, -0.2) is 0 Å². The van der Waals surface area contributed by atoms with Crippen molar-refractivity contribution in [3.63, 3.8) is 0 Å². The van der Waals surface area contributed by atoms with E-state index in [0.717, 1.165) is 0 Å². The summed E-state index contributed by atoms with van der Waals surface area (Å²) in [6.45, 7) is 9.81. The van der Waals surface area contributed by atoms with Gasteiger partial charge in [0.15, 0.2) is 0 Å². The Labute approximate surface area is 87.2 Å². The molecule has 0 N–H and O–H groups in total. The van der Waals surface area contributed by atoms with Gasteiger partial charge in [-0.2, -0.15) is 0 Å². The lowest BCUT2D eigenvalue weighted by molar-refractivity contribution is -0.116. The van der Waals surface area contributed by atoms with Gasteiger partial charge in [-0.1, -0.05) is 41.8 Å². The van der Waals surface area contributed by atoms with Gasteiger partial charge in [0.1, 0.15) is 5.78 Å². The fourth-order valence-electron chi connectivity index (χ4n) is 1.20. The molecule has 0 aromatic heterocycles. The van der Waals surface area contributed by atoms with Crippen molar-refractivity contribution in [2.45, 2.75) is 41.0 Å². The van der Waals surface area contributed by atoms with Crippen LogP contribution in [0.5, 0.6) is 0 Å². The number of rotatable bonds is 1. The SMILES string of the molecule is CCC(C)=O.Cc1cc(C)cc(C)c1. The molecule has 0 bridgehead atoms. The lowest BCUT2D eigenvalue weighted by atomic mass is 10.1. The number of hydrogen-bond donors (Lipinski definition) is 0. The van der Waals surface area contributed by atoms with Crippen LogP contribution < -0.4 is 0 Å². The number of ketones is 1. The summed E-state index contributed by atoms with van der Waals surface area (Å²) in [7, 11) is 0. The molecule has 1 heteroatoms. The molecule has 0 aliphatic heterocycles. The number of hydrogen-bond acceptors (Lipinski definition) is 1. The molecule has 0 saturated carbocycles. The molecular formula is C13H20O. The van der Waals surface area contributed by atoms with Crippen molar-refractivity contribution in [3.05, 3.63) is 34.9 Å². The summed E-state index contributed by atoms with van der Waals surface area (Å²) >= 11 is 0. The number of aryl methyl sites for hydroxylation is 3. The molecule has 1 aromatic carbocycles. The molecule has 0 spiro atoms. The summed E-state index contributed by atoms with van der Waals surface area (Å²) in [5.74, 6) is 0.255. The van der Waals surface area contributed by atoms with Gasteiger partial charge in [-0.05, 0) is 27.7 Å². The van der Waals surface area contributed by atoms with E-state index in [1.165, 1.54) is 16.7 Å². The second-order valence-corrected chi connectivity index (χ2v) is 3.72. The third kappa shape index (κ3) is 6.41. The normalized spacial score (nSPS) is 8.93. The molecule has 0 fully saturated rings. The molecule has 0 aliphatic carbocycles. The highest BCUT2D eigenvalue weighted by Crippen LogP contribution is 2.06. The van der Waals surface area contributed by atoms with Crippen molar-refractivity contribution in [3.8, 4) is 0 Å². The molecule has 78 valence electrons. The van der Waals surface area contributed by atoms with Gasteiger partial charge in [0.2, 0.25) is 0 Å². The van der Waals surface area contributed by atoms with Crippen LogP contribution in [0, 0.1) is 20.8 Å². The van der Waals surface area contributed by atoms with Crippen LogP contribution in [0.4, 0.5) is 0 Å². The molecule has 14 heavy (non-hydrogen) atoms. The summed E-state index contributed by atoms with van der Waals surface area (Å²) in [4.78, 5) is 9.81. The van der Waals surface area contributed by atoms with Crippen molar-refractivity contribution in [2.24, 2.45) is 0 Å². The first kappa shape index (κ1) is 12.9. The minimum Gasteiger partial charge on any atom is -0.300 e. The fourth-order valence-corrected chi connectivity index (χ4v) is 1.20. The van der Waals surface area contributed by atoms with Gasteiger partial charge >= 0.3 is 0 Å². The predicted octanol–water partition coefficient (Wildman–Crippen LogP) is 3.60. The van der Waals surface area contributed by atoms with Gasteiger partial charge in [0.25, 0.3) is 0 Å². The highest BCUT2D eigenvalue weighted by Gasteiger charge is 1.87. The molecule has 0 aliphatic rings. The van der Waals surface area contributed by atoms with E-state index in [1.807, 2.05) is 6.92 Å². The molecule has 0 atom stereocenters. The Morgan fingerprint density at radius 2 is 1.21 bits per heavy atom. The minimum atomic E-state index is 0.255. The Balaban J connectivity index is 0.000000292. The van der Waals surface area contributed by atoms with E-state index in [9.17, 15) is 4.79 Å². The lowest BCUT2D eigenvalue weighted by Gasteiger charge is -1.96. The quantitative estimate of drug-likeness (QED) is 0.664. The van der Waals surface area contributed by atoms with Crippen LogP contribution in [0.2, 0.25) is 0 Å². The highest BCUT2D eigenvalue weighted by molar-refractivity contribution is 5.74. The first-order valence-corrected chi connectivity index (χ1v) is 5.00. The maximum Gasteiger partial charge on any atom is 0.129 e. The van der Waals surface area contributed by atoms with Crippen LogP contribution >= 0.6 is 0 Å². The molecule has 0 radical (unpaired) electrons. The molecule has 0 heterocycles. The second kappa shape index (κ2) is 6.36. The number of carbonyl (C=O) groups is 1. The molecule has 0 amide bonds. The van der Waals surface area contributed by atoms with Crippen molar-refractivity contribution < 1.29 is 4.79 Å². The zero-order valence-electron chi connectivity index (χ0n) is 9.85. The number of carbonyl (C=O) groups excluding carboxylic acids is 1. The van der Waals surface area contributed by atoms with E-state index in [2.05, 4.69) is 39.0 Å². The van der Waals surface area contributed by atoms with E-state index in [0.29, 0.717) is 6.42 Å². The van der Waals surface area contributed by atoms with Crippen molar-refractivity contribution >= 4 is 5.78 Å². The third-order valence-electron chi connectivity index (χ3n) is 1.86. The maximum absolute atomic E-state index is 9.81. The van der Waals surface area contributed by atoms with E-state index in [4.69, 9.17) is 0 Å². The first-order valence-electron chi connectivity index (χ1n) is 5.00. The highest BCUT2D eigenvalue weighted by atomic mass is 16.1. The largest absolute Gasteiger partial charge is 0.300 e. The van der Waals surface area contributed by atoms with Crippen molar-refractivity contribution in [2.75, 3.05) is 0 Å². The van der Waals surface area contributed by atoms with Crippen LogP contribution in [0.15, 0.2) is 18.2 Å². The second-order valence-electron chi connectivity index (χ2n) is 3.72. The zero-order chi connectivity index (χ0) is 11.1. The summed E-state index contributed by atoms with van der Waals surface area (Å²) in [5, 5.41) is 0. The fraction of sp³-hybridized carbons (Fsp3) is 0.462. The molecule has 1 rings (SSSR count). The van der Waals surface area contributed by atoms with E-state index < -0.39 is 0 Å². The van der Waals surface area contributed by atoms with Gasteiger partial charge in [0.05, 0.1) is 0 Å². The summed E-state index contributed by atoms with van der Waals surface area (Å²) in [6.07, 6.45) is 0.667. The Morgan fingerprint density at radius 1 is 1.00 bits per heavy atom. The molecule has 0 saturated heterocycles. The number of benzene rings is 1. The Hall–Kier alpha value is -1.11. The summed E-state index contributed by atoms with van der Waals surface area (Å²) in [6, 6.07) is 6.56. The van der Waals surface area contributed by atoms with E-state index >= 15 is 0 Å². The Kier molecular flexibility index (Phi) is 5.86. The lowest BCUT2D eigenvalue weighted by Crippen LogP contribution is -1.80. The summed E-state index contributed by atoms with van der Waals surface area (Å²) in [5.41, 5.74) is 4.06.